The van der Waals surface area contributed by atoms with Gasteiger partial charge in [-0.25, -0.2) is 4.39 Å². The minimum Gasteiger partial charge on any atom is -0.467 e. The minimum atomic E-state index is -0.398. The molecule has 1 aromatic carbocycles. The third-order valence-electron chi connectivity index (χ3n) is 8.46. The number of fused-ring (bicyclic) bond motifs is 4. The van der Waals surface area contributed by atoms with Gasteiger partial charge in [0.15, 0.2) is 5.82 Å². The molecule has 2 bridgehead atoms. The SMILES string of the molecule is CN1CCCC1.COc1nc(N2CC3CCC(C2)N3)c2cnc(-c3cccc4c3C(C)CC4)c(F)c2n1. The second-order valence-electron chi connectivity index (χ2n) is 11.1. The van der Waals surface area contributed by atoms with E-state index in [0.717, 1.165) is 44.3 Å². The Hall–Kier alpha value is -2.84. The van der Waals surface area contributed by atoms with Crippen LogP contribution in [-0.4, -0.2) is 72.3 Å². The zero-order valence-corrected chi connectivity index (χ0v) is 22.1. The van der Waals surface area contributed by atoms with Crippen molar-refractivity contribution in [3.63, 3.8) is 0 Å². The van der Waals surface area contributed by atoms with E-state index < -0.39 is 5.82 Å². The van der Waals surface area contributed by atoms with Crippen molar-refractivity contribution in [1.82, 2.24) is 25.2 Å². The summed E-state index contributed by atoms with van der Waals surface area (Å²) in [6, 6.07) is 7.20. The van der Waals surface area contributed by atoms with E-state index in [-0.39, 0.29) is 11.5 Å². The lowest BCUT2D eigenvalue weighted by Gasteiger charge is -2.34. The molecule has 4 aliphatic rings. The van der Waals surface area contributed by atoms with Crippen molar-refractivity contribution in [3.05, 3.63) is 41.3 Å². The number of rotatable bonds is 3. The van der Waals surface area contributed by atoms with Gasteiger partial charge in [-0.05, 0) is 75.7 Å². The Bertz CT molecular complexity index is 1280. The van der Waals surface area contributed by atoms with Crippen LogP contribution in [0.2, 0.25) is 0 Å². The maximum absolute atomic E-state index is 15.9. The van der Waals surface area contributed by atoms with Gasteiger partial charge in [0, 0.05) is 36.9 Å². The van der Waals surface area contributed by atoms with Crippen LogP contribution in [0.25, 0.3) is 22.2 Å². The van der Waals surface area contributed by atoms with E-state index in [1.165, 1.54) is 44.2 Å². The van der Waals surface area contributed by atoms with Crippen LogP contribution in [0.1, 0.15) is 56.1 Å². The van der Waals surface area contributed by atoms with Crippen molar-refractivity contribution in [2.75, 3.05) is 45.2 Å². The van der Waals surface area contributed by atoms with Gasteiger partial charge in [0.2, 0.25) is 0 Å². The highest BCUT2D eigenvalue weighted by Crippen LogP contribution is 2.41. The van der Waals surface area contributed by atoms with Crippen molar-refractivity contribution in [1.29, 1.82) is 0 Å². The predicted molar refractivity (Wildman–Crippen MR) is 145 cm³/mol. The van der Waals surface area contributed by atoms with Crippen molar-refractivity contribution in [2.45, 2.75) is 63.5 Å². The van der Waals surface area contributed by atoms with E-state index in [2.05, 4.69) is 50.1 Å². The quantitative estimate of drug-likeness (QED) is 0.562. The first-order valence-electron chi connectivity index (χ1n) is 13.7. The topological polar surface area (TPSA) is 66.4 Å². The number of pyridine rings is 1. The number of aryl methyl sites for hydroxylation is 1. The summed E-state index contributed by atoms with van der Waals surface area (Å²) in [6.45, 7) is 6.54. The third-order valence-corrected chi connectivity index (χ3v) is 8.46. The van der Waals surface area contributed by atoms with Gasteiger partial charge in [-0.1, -0.05) is 25.1 Å². The summed E-state index contributed by atoms with van der Waals surface area (Å²) in [4.78, 5) is 18.2. The van der Waals surface area contributed by atoms with Crippen molar-refractivity contribution in [3.8, 4) is 17.3 Å². The lowest BCUT2D eigenvalue weighted by Crippen LogP contribution is -2.51. The molecular weight excluding hydrogens is 467 g/mol. The number of hydrogen-bond donors (Lipinski definition) is 1. The van der Waals surface area contributed by atoms with Crippen molar-refractivity contribution in [2.24, 2.45) is 0 Å². The largest absolute Gasteiger partial charge is 0.467 e. The molecule has 196 valence electrons. The molecule has 0 amide bonds. The zero-order valence-electron chi connectivity index (χ0n) is 22.1. The van der Waals surface area contributed by atoms with E-state index in [0.29, 0.717) is 34.9 Å². The fraction of sp³-hybridized carbons (Fsp3) is 0.552. The summed E-state index contributed by atoms with van der Waals surface area (Å²) in [5.74, 6) is 0.713. The highest BCUT2D eigenvalue weighted by atomic mass is 19.1. The number of nitrogens with zero attached hydrogens (tertiary/aromatic N) is 5. The molecule has 1 aliphatic carbocycles. The summed E-state index contributed by atoms with van der Waals surface area (Å²) in [7, 11) is 3.70. The number of piperazine rings is 1. The Labute approximate surface area is 218 Å². The molecule has 3 fully saturated rings. The van der Waals surface area contributed by atoms with Crippen LogP contribution >= 0.6 is 0 Å². The van der Waals surface area contributed by atoms with E-state index >= 15 is 4.39 Å². The van der Waals surface area contributed by atoms with Crippen LogP contribution in [0.15, 0.2) is 24.4 Å². The monoisotopic (exact) mass is 504 g/mol. The molecule has 8 heteroatoms. The summed E-state index contributed by atoms with van der Waals surface area (Å²) < 4.78 is 21.3. The molecule has 3 saturated heterocycles. The molecule has 1 N–H and O–H groups in total. The van der Waals surface area contributed by atoms with Gasteiger partial charge < -0.3 is 19.9 Å². The molecule has 3 aliphatic heterocycles. The Morgan fingerprint density at radius 3 is 2.49 bits per heavy atom. The average Bonchev–Trinajstić information content (AvgIpc) is 3.64. The predicted octanol–water partition coefficient (Wildman–Crippen LogP) is 4.54. The molecule has 0 spiro atoms. The third kappa shape index (κ3) is 4.66. The van der Waals surface area contributed by atoms with Crippen molar-refractivity contribution < 1.29 is 9.13 Å². The maximum atomic E-state index is 15.9. The zero-order chi connectivity index (χ0) is 25.5. The number of methoxy groups -OCH3 is 1. The summed E-state index contributed by atoms with van der Waals surface area (Å²) in [6.07, 6.45) is 9.02. The highest BCUT2D eigenvalue weighted by molar-refractivity contribution is 5.92. The maximum Gasteiger partial charge on any atom is 0.318 e. The van der Waals surface area contributed by atoms with Gasteiger partial charge in [0.1, 0.15) is 17.0 Å². The number of nitrogens with one attached hydrogen (secondary N) is 1. The molecule has 3 aromatic rings. The number of benzene rings is 1. The van der Waals surface area contributed by atoms with E-state index in [9.17, 15) is 0 Å². The Morgan fingerprint density at radius 1 is 1.05 bits per heavy atom. The van der Waals surface area contributed by atoms with Crippen LogP contribution in [0.4, 0.5) is 10.2 Å². The number of hydrogen-bond acceptors (Lipinski definition) is 7. The second kappa shape index (κ2) is 10.1. The molecule has 5 heterocycles. The smallest absolute Gasteiger partial charge is 0.318 e. The lowest BCUT2D eigenvalue weighted by molar-refractivity contribution is 0.380. The van der Waals surface area contributed by atoms with Gasteiger partial charge in [-0.15, -0.1) is 0 Å². The van der Waals surface area contributed by atoms with Gasteiger partial charge in [-0.3, -0.25) is 4.98 Å². The number of ether oxygens (including phenoxy) is 1. The lowest BCUT2D eigenvalue weighted by atomic mass is 9.94. The molecular formula is C29H37FN6O. The van der Waals surface area contributed by atoms with Crippen LogP contribution in [0, 0.1) is 5.82 Å². The second-order valence-corrected chi connectivity index (χ2v) is 11.1. The van der Waals surface area contributed by atoms with Gasteiger partial charge in [0.25, 0.3) is 0 Å². The fourth-order valence-corrected chi connectivity index (χ4v) is 6.52. The number of likely N-dealkylation sites (tertiary alicyclic amines) is 1. The van der Waals surface area contributed by atoms with Gasteiger partial charge >= 0.3 is 6.01 Å². The first kappa shape index (κ1) is 24.5. The molecule has 2 aromatic heterocycles. The molecule has 0 radical (unpaired) electrons. The highest BCUT2D eigenvalue weighted by Gasteiger charge is 2.34. The number of aromatic nitrogens is 3. The van der Waals surface area contributed by atoms with Crippen LogP contribution in [0.5, 0.6) is 6.01 Å². The van der Waals surface area contributed by atoms with Crippen LogP contribution in [0.3, 0.4) is 0 Å². The first-order valence-corrected chi connectivity index (χ1v) is 13.7. The Balaban J connectivity index is 0.000000372. The first-order chi connectivity index (χ1) is 18.0. The summed E-state index contributed by atoms with van der Waals surface area (Å²) >= 11 is 0. The Morgan fingerprint density at radius 2 is 1.81 bits per heavy atom. The molecule has 7 nitrogen and oxygen atoms in total. The van der Waals surface area contributed by atoms with E-state index in [1.54, 1.807) is 6.20 Å². The van der Waals surface area contributed by atoms with Crippen LogP contribution in [-0.2, 0) is 6.42 Å². The molecule has 3 unspecified atom stereocenters. The van der Waals surface area contributed by atoms with Crippen molar-refractivity contribution >= 4 is 16.7 Å². The normalized spacial score (nSPS) is 24.8. The standard InChI is InChI=1S/C24H26FN5O.C5H11N/c1-13-6-7-14-4-3-5-17(19(13)14)21-20(25)22-18(10-26-21)23(29-24(28-22)31-2)30-11-15-8-9-16(12-30)27-15;1-6-4-2-3-5-6/h3-5,10,13,15-16,27H,6-9,11-12H2,1-2H3;2-5H2,1H3. The van der Waals surface area contributed by atoms with Gasteiger partial charge in [0.05, 0.1) is 12.5 Å². The minimum absolute atomic E-state index is 0.191. The summed E-state index contributed by atoms with van der Waals surface area (Å²) in [5.41, 5.74) is 4.03. The Kier molecular flexibility index (Phi) is 6.71. The molecule has 0 saturated carbocycles. The number of halogens is 1. The van der Waals surface area contributed by atoms with E-state index in [1.807, 2.05) is 12.1 Å². The molecule has 37 heavy (non-hydrogen) atoms. The average molecular weight is 505 g/mol. The molecule has 7 rings (SSSR count). The van der Waals surface area contributed by atoms with Gasteiger partial charge in [-0.2, -0.15) is 9.97 Å². The summed E-state index contributed by atoms with van der Waals surface area (Å²) in [5, 5.41) is 4.27. The van der Waals surface area contributed by atoms with Crippen LogP contribution < -0.4 is 15.0 Å². The molecule has 3 atom stereocenters. The number of anilines is 1. The fourth-order valence-electron chi connectivity index (χ4n) is 6.52. The van der Waals surface area contributed by atoms with E-state index in [4.69, 9.17) is 4.74 Å².